The maximum Gasteiger partial charge on any atom is 0.416 e. The summed E-state index contributed by atoms with van der Waals surface area (Å²) in [7, 11) is 5.37. The highest BCUT2D eigenvalue weighted by atomic mass is 16.1. The normalized spacial score (nSPS) is 10.3. The Kier molecular flexibility index (Phi) is 5.10. The summed E-state index contributed by atoms with van der Waals surface area (Å²) >= 11 is 0. The zero-order valence-corrected chi connectivity index (χ0v) is 14.3. The van der Waals surface area contributed by atoms with Crippen LogP contribution in [0.25, 0.3) is 9.69 Å². The molecule has 0 unspecified atom stereocenters. The van der Waals surface area contributed by atoms with Crippen molar-refractivity contribution < 1.29 is 4.79 Å². The fourth-order valence-corrected chi connectivity index (χ4v) is 2.03. The summed E-state index contributed by atoms with van der Waals surface area (Å²) in [5.74, 6) is 0.00266. The molecule has 0 saturated heterocycles. The molecule has 1 aromatic heterocycles. The molecule has 1 aromatic carbocycles. The first-order valence-corrected chi connectivity index (χ1v) is 7.19. The Bertz CT molecular complexity index is 927. The van der Waals surface area contributed by atoms with Crippen LogP contribution in [0.4, 0.5) is 34.6 Å². The Morgan fingerprint density at radius 1 is 1.28 bits per heavy atom. The summed E-state index contributed by atoms with van der Waals surface area (Å²) in [6, 6.07) is 5.34. The van der Waals surface area contributed by atoms with E-state index in [1.165, 1.54) is 11.5 Å². The minimum Gasteiger partial charge on any atom is -0.378 e. The number of amides is 1. The van der Waals surface area contributed by atoms with E-state index in [-0.39, 0.29) is 23.5 Å². The van der Waals surface area contributed by atoms with Gasteiger partial charge in [0.05, 0.1) is 12.7 Å². The Hall–Kier alpha value is -3.72. The second-order valence-corrected chi connectivity index (χ2v) is 5.32. The van der Waals surface area contributed by atoms with Crippen LogP contribution in [0.3, 0.4) is 0 Å². The molecule has 25 heavy (non-hydrogen) atoms. The van der Waals surface area contributed by atoms with E-state index in [1.807, 2.05) is 25.1 Å². The van der Waals surface area contributed by atoms with E-state index in [0.29, 0.717) is 11.4 Å². The van der Waals surface area contributed by atoms with Crippen molar-refractivity contribution in [3.8, 4) is 0 Å². The zero-order chi connectivity index (χ0) is 18.6. The van der Waals surface area contributed by atoms with E-state index in [9.17, 15) is 4.79 Å². The molecule has 1 N–H and O–H groups in total. The van der Waals surface area contributed by atoms with Gasteiger partial charge in [-0.2, -0.15) is 0 Å². The molecule has 9 nitrogen and oxygen atoms in total. The SMILES string of the molecule is [C-]#[N+]c1nc(N=Nc2ccc(N(C)C)cc2NC(C)=O)n(C)c1[N+]#[C-]. The Labute approximate surface area is 145 Å². The fourth-order valence-electron chi connectivity index (χ4n) is 2.03. The summed E-state index contributed by atoms with van der Waals surface area (Å²) in [5.41, 5.74) is 1.84. The van der Waals surface area contributed by atoms with Crippen molar-refractivity contribution in [2.45, 2.75) is 6.92 Å². The van der Waals surface area contributed by atoms with Gasteiger partial charge in [0.25, 0.3) is 11.6 Å². The van der Waals surface area contributed by atoms with Crippen molar-refractivity contribution in [3.63, 3.8) is 0 Å². The number of azo groups is 1. The fraction of sp³-hybridized carbons (Fsp3) is 0.250. The lowest BCUT2D eigenvalue weighted by Gasteiger charge is -2.14. The summed E-state index contributed by atoms with van der Waals surface area (Å²) in [5, 5.41) is 10.9. The first kappa shape index (κ1) is 17.6. The van der Waals surface area contributed by atoms with Gasteiger partial charge in [0.15, 0.2) is 0 Å². The molecular weight excluding hydrogens is 320 g/mol. The van der Waals surface area contributed by atoms with Crippen molar-refractivity contribution in [1.82, 2.24) is 9.55 Å². The highest BCUT2D eigenvalue weighted by molar-refractivity contribution is 5.92. The minimum atomic E-state index is -0.227. The number of nitrogens with zero attached hydrogens (tertiary/aromatic N) is 7. The third-order valence-corrected chi connectivity index (χ3v) is 3.29. The average Bonchev–Trinajstić information content (AvgIpc) is 2.88. The van der Waals surface area contributed by atoms with Crippen molar-refractivity contribution in [2.75, 3.05) is 24.3 Å². The van der Waals surface area contributed by atoms with Crippen LogP contribution in [-0.2, 0) is 11.8 Å². The molecule has 0 aliphatic carbocycles. The number of hydrogen-bond donors (Lipinski definition) is 1. The highest BCUT2D eigenvalue weighted by Gasteiger charge is 2.19. The number of anilines is 2. The molecule has 0 saturated carbocycles. The number of imidazole rings is 1. The van der Waals surface area contributed by atoms with Crippen LogP contribution in [0.1, 0.15) is 6.92 Å². The van der Waals surface area contributed by atoms with E-state index >= 15 is 0 Å². The molecule has 0 atom stereocenters. The lowest BCUT2D eigenvalue weighted by Crippen LogP contribution is -2.10. The molecular formula is C16H16N8O. The zero-order valence-electron chi connectivity index (χ0n) is 14.3. The maximum atomic E-state index is 11.4. The number of hydrogen-bond acceptors (Lipinski definition) is 5. The van der Waals surface area contributed by atoms with Gasteiger partial charge in [-0.05, 0) is 18.2 Å². The Morgan fingerprint density at radius 3 is 2.52 bits per heavy atom. The van der Waals surface area contributed by atoms with Crippen LogP contribution >= 0.6 is 0 Å². The van der Waals surface area contributed by atoms with Gasteiger partial charge in [0, 0.05) is 26.7 Å². The molecule has 0 fully saturated rings. The quantitative estimate of drug-likeness (QED) is 0.677. The molecule has 0 aliphatic rings. The number of rotatable bonds is 4. The molecule has 2 aromatic rings. The summed E-state index contributed by atoms with van der Waals surface area (Å²) < 4.78 is 1.40. The lowest BCUT2D eigenvalue weighted by atomic mass is 10.2. The predicted molar refractivity (Wildman–Crippen MR) is 95.0 cm³/mol. The van der Waals surface area contributed by atoms with E-state index in [0.717, 1.165) is 5.69 Å². The molecule has 126 valence electrons. The number of carbonyl (C=O) groups is 1. The van der Waals surface area contributed by atoms with Crippen molar-refractivity contribution in [2.24, 2.45) is 17.3 Å². The van der Waals surface area contributed by atoms with Gasteiger partial charge in [0.1, 0.15) is 5.69 Å². The standard InChI is InChI=1S/C16H16N8O/c1-10(25)19-13-9-11(23(4)5)7-8-12(13)21-22-16-20-14(17-2)15(18-3)24(16)6/h7-9H,1,4-6H3,(H,19,25). The van der Waals surface area contributed by atoms with Gasteiger partial charge >= 0.3 is 5.95 Å². The highest BCUT2D eigenvalue weighted by Crippen LogP contribution is 2.34. The Balaban J connectivity index is 2.45. The molecule has 9 heteroatoms. The second-order valence-electron chi connectivity index (χ2n) is 5.32. The van der Waals surface area contributed by atoms with Crippen LogP contribution in [-0.4, -0.2) is 29.6 Å². The van der Waals surface area contributed by atoms with E-state index in [1.54, 1.807) is 19.2 Å². The molecule has 0 radical (unpaired) electrons. The van der Waals surface area contributed by atoms with Gasteiger partial charge in [-0.25, -0.2) is 4.57 Å². The predicted octanol–water partition coefficient (Wildman–Crippen LogP) is 3.96. The van der Waals surface area contributed by atoms with Gasteiger partial charge in [-0.1, -0.05) is 23.2 Å². The van der Waals surface area contributed by atoms with E-state index < -0.39 is 0 Å². The average molecular weight is 336 g/mol. The van der Waals surface area contributed by atoms with Gasteiger partial charge in [-0.15, -0.1) is 5.11 Å². The van der Waals surface area contributed by atoms with E-state index in [4.69, 9.17) is 13.1 Å². The molecule has 1 heterocycles. The van der Waals surface area contributed by atoms with Gasteiger partial charge in [-0.3, -0.25) is 4.79 Å². The van der Waals surface area contributed by atoms with Crippen molar-refractivity contribution >= 4 is 40.6 Å². The van der Waals surface area contributed by atoms with Crippen LogP contribution in [0.5, 0.6) is 0 Å². The molecule has 2 rings (SSSR count). The monoisotopic (exact) mass is 336 g/mol. The Morgan fingerprint density at radius 2 is 2.00 bits per heavy atom. The maximum absolute atomic E-state index is 11.4. The second kappa shape index (κ2) is 7.23. The lowest BCUT2D eigenvalue weighted by molar-refractivity contribution is -0.114. The van der Waals surface area contributed by atoms with Gasteiger partial charge < -0.3 is 19.9 Å². The third-order valence-electron chi connectivity index (χ3n) is 3.29. The molecule has 0 bridgehead atoms. The first-order valence-electron chi connectivity index (χ1n) is 7.19. The first-order chi connectivity index (χ1) is 11.9. The third kappa shape index (κ3) is 3.79. The van der Waals surface area contributed by atoms with Gasteiger partial charge in [0.2, 0.25) is 5.91 Å². The summed E-state index contributed by atoms with van der Waals surface area (Å²) in [4.78, 5) is 23.8. The summed E-state index contributed by atoms with van der Waals surface area (Å²) in [6.45, 7) is 15.6. The number of carbonyl (C=O) groups excluding carboxylic acids is 1. The topological polar surface area (TPSA) is 83.6 Å². The van der Waals surface area contributed by atoms with Crippen molar-refractivity contribution in [3.05, 3.63) is 41.0 Å². The minimum absolute atomic E-state index is 0.0171. The van der Waals surface area contributed by atoms with Crippen molar-refractivity contribution in [1.29, 1.82) is 0 Å². The number of aromatic nitrogens is 2. The number of nitrogens with one attached hydrogen (secondary N) is 1. The molecule has 1 amide bonds. The smallest absolute Gasteiger partial charge is 0.378 e. The van der Waals surface area contributed by atoms with Crippen LogP contribution in [0.2, 0.25) is 0 Å². The number of benzene rings is 1. The summed E-state index contributed by atoms with van der Waals surface area (Å²) in [6.07, 6.45) is 0. The molecule has 0 spiro atoms. The largest absolute Gasteiger partial charge is 0.416 e. The van der Waals surface area contributed by atoms with Crippen LogP contribution < -0.4 is 10.2 Å². The van der Waals surface area contributed by atoms with E-state index in [2.05, 4.69) is 30.2 Å². The molecule has 0 aliphatic heterocycles. The van der Waals surface area contributed by atoms with Crippen LogP contribution in [0.15, 0.2) is 28.4 Å². The van der Waals surface area contributed by atoms with Crippen LogP contribution in [0, 0.1) is 13.1 Å².